The number of nitrogens with zero attached hydrogens (tertiary/aromatic N) is 4. The number of carbonyl (C=O) groups is 1. The van der Waals surface area contributed by atoms with Crippen LogP contribution in [0.15, 0.2) is 54.9 Å². The van der Waals surface area contributed by atoms with Crippen LogP contribution in [-0.4, -0.2) is 25.5 Å². The molecule has 1 amide bonds. The van der Waals surface area contributed by atoms with E-state index < -0.39 is 11.4 Å². The summed E-state index contributed by atoms with van der Waals surface area (Å²) in [5.41, 5.74) is 4.77. The third-order valence-electron chi connectivity index (χ3n) is 4.81. The first kappa shape index (κ1) is 19.7. The highest BCUT2D eigenvalue weighted by Gasteiger charge is 2.22. The van der Waals surface area contributed by atoms with Gasteiger partial charge in [0.05, 0.1) is 17.6 Å². The van der Waals surface area contributed by atoms with E-state index in [-0.39, 0.29) is 5.91 Å². The van der Waals surface area contributed by atoms with Gasteiger partial charge in [-0.2, -0.15) is 9.49 Å². The molecule has 0 aliphatic rings. The van der Waals surface area contributed by atoms with Gasteiger partial charge >= 0.3 is 0 Å². The maximum Gasteiger partial charge on any atom is 0.229 e. The van der Waals surface area contributed by atoms with Crippen molar-refractivity contribution in [1.82, 2.24) is 19.6 Å². The molecule has 1 N–H and O–H groups in total. The second kappa shape index (κ2) is 7.33. The molecular weight excluding hydrogens is 381 g/mol. The zero-order chi connectivity index (χ0) is 21.5. The number of imidazole rings is 1. The molecule has 4 rings (SSSR count). The lowest BCUT2D eigenvalue weighted by atomic mass is 9.95. The monoisotopic (exact) mass is 403 g/mol. The van der Waals surface area contributed by atoms with Crippen molar-refractivity contribution in [3.63, 3.8) is 0 Å². The Morgan fingerprint density at radius 3 is 2.53 bits per heavy atom. The van der Waals surface area contributed by atoms with E-state index >= 15 is 0 Å². The SMILES string of the molecule is Cc1ccc(-c2cn3nc(-c4ccnc(F)c4)ccc3n2)cc1NC(=O)C(C)(C)C. The fourth-order valence-electron chi connectivity index (χ4n) is 2.96. The van der Waals surface area contributed by atoms with Crippen LogP contribution in [0.1, 0.15) is 26.3 Å². The van der Waals surface area contributed by atoms with Crippen LogP contribution < -0.4 is 5.32 Å². The Hall–Kier alpha value is -3.61. The fourth-order valence-corrected chi connectivity index (χ4v) is 2.96. The maximum atomic E-state index is 13.4. The first-order valence-electron chi connectivity index (χ1n) is 9.61. The van der Waals surface area contributed by atoms with Gasteiger partial charge in [0.15, 0.2) is 5.65 Å². The lowest BCUT2D eigenvalue weighted by molar-refractivity contribution is -0.123. The Kier molecular flexibility index (Phi) is 4.81. The molecule has 0 fully saturated rings. The minimum atomic E-state index is -0.551. The molecule has 0 aliphatic heterocycles. The molecule has 4 aromatic rings. The number of pyridine rings is 1. The summed E-state index contributed by atoms with van der Waals surface area (Å²) in [6.07, 6.45) is 3.23. The summed E-state index contributed by atoms with van der Waals surface area (Å²) in [7, 11) is 0. The standard InChI is InChI=1S/C23H22FN5O/c1-14-5-6-15(11-18(14)27-22(30)23(2,3)4)19-13-29-21(26-19)8-7-17(28-29)16-9-10-25-20(24)12-16/h5-13H,1-4H3,(H,27,30). The Labute approximate surface area is 173 Å². The third kappa shape index (κ3) is 3.91. The third-order valence-corrected chi connectivity index (χ3v) is 4.81. The van der Waals surface area contributed by atoms with E-state index in [0.29, 0.717) is 16.9 Å². The molecule has 0 spiro atoms. The number of hydrogen-bond donors (Lipinski definition) is 1. The lowest BCUT2D eigenvalue weighted by Gasteiger charge is -2.19. The van der Waals surface area contributed by atoms with Crippen molar-refractivity contribution in [3.05, 3.63) is 66.4 Å². The van der Waals surface area contributed by atoms with Crippen molar-refractivity contribution < 1.29 is 9.18 Å². The minimum Gasteiger partial charge on any atom is -0.325 e. The van der Waals surface area contributed by atoms with E-state index in [0.717, 1.165) is 22.5 Å². The number of anilines is 1. The molecule has 0 bridgehead atoms. The summed E-state index contributed by atoms with van der Waals surface area (Å²) in [5.74, 6) is -0.598. The molecule has 3 heterocycles. The number of aryl methyl sites for hydroxylation is 1. The zero-order valence-electron chi connectivity index (χ0n) is 17.3. The molecular formula is C23H22FN5O. The molecule has 7 heteroatoms. The Morgan fingerprint density at radius 2 is 1.80 bits per heavy atom. The number of amides is 1. The highest BCUT2D eigenvalue weighted by atomic mass is 19.1. The van der Waals surface area contributed by atoms with Crippen LogP contribution in [0, 0.1) is 18.3 Å². The van der Waals surface area contributed by atoms with Crippen molar-refractivity contribution in [3.8, 4) is 22.5 Å². The van der Waals surface area contributed by atoms with E-state index in [1.807, 2.05) is 58.2 Å². The summed E-state index contributed by atoms with van der Waals surface area (Å²) >= 11 is 0. The molecule has 0 aliphatic carbocycles. The second-order valence-electron chi connectivity index (χ2n) is 8.25. The van der Waals surface area contributed by atoms with Crippen LogP contribution in [0.2, 0.25) is 0 Å². The quantitative estimate of drug-likeness (QED) is 0.494. The molecule has 0 radical (unpaired) electrons. The Bertz CT molecular complexity index is 1260. The lowest BCUT2D eigenvalue weighted by Crippen LogP contribution is -2.27. The molecule has 6 nitrogen and oxygen atoms in total. The molecule has 30 heavy (non-hydrogen) atoms. The Morgan fingerprint density at radius 1 is 1.03 bits per heavy atom. The van der Waals surface area contributed by atoms with Gasteiger partial charge < -0.3 is 5.32 Å². The largest absolute Gasteiger partial charge is 0.325 e. The number of aromatic nitrogens is 4. The molecule has 0 unspecified atom stereocenters. The van der Waals surface area contributed by atoms with Gasteiger partial charge in [0.25, 0.3) is 0 Å². The van der Waals surface area contributed by atoms with Gasteiger partial charge in [-0.3, -0.25) is 4.79 Å². The minimum absolute atomic E-state index is 0.0476. The number of benzene rings is 1. The van der Waals surface area contributed by atoms with Crippen molar-refractivity contribution in [2.45, 2.75) is 27.7 Å². The summed E-state index contributed by atoms with van der Waals surface area (Å²) in [5, 5.41) is 7.54. The molecule has 1 aromatic carbocycles. The average Bonchev–Trinajstić information content (AvgIpc) is 3.12. The number of carbonyl (C=O) groups excluding carboxylic acids is 1. The molecule has 152 valence electrons. The van der Waals surface area contributed by atoms with E-state index in [9.17, 15) is 9.18 Å². The van der Waals surface area contributed by atoms with Gasteiger partial charge in [0.1, 0.15) is 0 Å². The summed E-state index contributed by atoms with van der Waals surface area (Å²) in [6.45, 7) is 7.58. The molecule has 0 saturated carbocycles. The second-order valence-corrected chi connectivity index (χ2v) is 8.25. The van der Waals surface area contributed by atoms with Gasteiger partial charge in [-0.05, 0) is 36.8 Å². The van der Waals surface area contributed by atoms with Crippen LogP contribution in [0.4, 0.5) is 10.1 Å². The smallest absolute Gasteiger partial charge is 0.229 e. The van der Waals surface area contributed by atoms with Crippen LogP contribution in [0.25, 0.3) is 28.2 Å². The van der Waals surface area contributed by atoms with Crippen LogP contribution in [0.3, 0.4) is 0 Å². The highest BCUT2D eigenvalue weighted by Crippen LogP contribution is 2.27. The van der Waals surface area contributed by atoms with Crippen molar-refractivity contribution in [1.29, 1.82) is 0 Å². The first-order chi connectivity index (χ1) is 14.2. The first-order valence-corrected chi connectivity index (χ1v) is 9.61. The van der Waals surface area contributed by atoms with Crippen LogP contribution >= 0.6 is 0 Å². The maximum absolute atomic E-state index is 13.4. The topological polar surface area (TPSA) is 72.2 Å². The van der Waals surface area contributed by atoms with Gasteiger partial charge in [-0.15, -0.1) is 0 Å². The summed E-state index contributed by atoms with van der Waals surface area (Å²) in [4.78, 5) is 20.6. The number of fused-ring (bicyclic) bond motifs is 1. The molecule has 0 saturated heterocycles. The van der Waals surface area contributed by atoms with E-state index in [1.54, 1.807) is 16.6 Å². The van der Waals surface area contributed by atoms with Crippen molar-refractivity contribution >= 4 is 17.2 Å². The van der Waals surface area contributed by atoms with Crippen LogP contribution in [0.5, 0.6) is 0 Å². The van der Waals surface area contributed by atoms with E-state index in [2.05, 4.69) is 20.4 Å². The summed E-state index contributed by atoms with van der Waals surface area (Å²) in [6, 6.07) is 12.5. The van der Waals surface area contributed by atoms with Gasteiger partial charge in [-0.25, -0.2) is 14.5 Å². The van der Waals surface area contributed by atoms with E-state index in [1.165, 1.54) is 12.3 Å². The van der Waals surface area contributed by atoms with Gasteiger partial charge in [-0.1, -0.05) is 32.9 Å². The summed E-state index contributed by atoms with van der Waals surface area (Å²) < 4.78 is 15.1. The van der Waals surface area contributed by atoms with Crippen LogP contribution in [-0.2, 0) is 4.79 Å². The Balaban J connectivity index is 1.70. The number of halogens is 1. The zero-order valence-corrected chi connectivity index (χ0v) is 17.3. The predicted octanol–water partition coefficient (Wildman–Crippen LogP) is 4.89. The van der Waals surface area contributed by atoms with Gasteiger partial charge in [0.2, 0.25) is 11.9 Å². The normalized spacial score (nSPS) is 11.6. The van der Waals surface area contributed by atoms with Crippen molar-refractivity contribution in [2.75, 3.05) is 5.32 Å². The number of hydrogen-bond acceptors (Lipinski definition) is 4. The average molecular weight is 403 g/mol. The van der Waals surface area contributed by atoms with Gasteiger partial charge in [0, 0.05) is 34.5 Å². The van der Waals surface area contributed by atoms with Crippen molar-refractivity contribution in [2.24, 2.45) is 5.41 Å². The van der Waals surface area contributed by atoms with E-state index in [4.69, 9.17) is 0 Å². The number of rotatable bonds is 3. The number of nitrogens with one attached hydrogen (secondary N) is 1. The highest BCUT2D eigenvalue weighted by molar-refractivity contribution is 5.95. The molecule has 3 aromatic heterocycles. The molecule has 0 atom stereocenters. The predicted molar refractivity (Wildman–Crippen MR) is 114 cm³/mol. The fraction of sp³-hybridized carbons (Fsp3) is 0.217.